The molecule has 2 rings (SSSR count). The first-order valence-electron chi connectivity index (χ1n) is 7.47. The highest BCUT2D eigenvalue weighted by Crippen LogP contribution is 2.21. The molecule has 1 N–H and O–H groups in total. The van der Waals surface area contributed by atoms with Crippen molar-refractivity contribution in [3.63, 3.8) is 0 Å². The summed E-state index contributed by atoms with van der Waals surface area (Å²) < 4.78 is 29.6. The van der Waals surface area contributed by atoms with Crippen molar-refractivity contribution in [2.75, 3.05) is 30.0 Å². The molecule has 132 valence electrons. The van der Waals surface area contributed by atoms with Crippen LogP contribution in [0.25, 0.3) is 6.08 Å². The maximum absolute atomic E-state index is 12.1. The summed E-state index contributed by atoms with van der Waals surface area (Å²) in [5, 5.41) is 2.71. The highest BCUT2D eigenvalue weighted by Gasteiger charge is 2.12. The Hall–Kier alpha value is -2.80. The molecule has 0 saturated heterocycles. The van der Waals surface area contributed by atoms with Crippen LogP contribution in [0, 0.1) is 0 Å². The standard InChI is InChI=1S/C18H20N2O4S/c1-20(25(3,22)23)16-9-6-8-15(13-16)19-18(21)12-11-14-7-4-5-10-17(14)24-2/h4-13H,1-3H3,(H,19,21). The topological polar surface area (TPSA) is 75.7 Å². The number of nitrogens with zero attached hydrogens (tertiary/aromatic N) is 1. The van der Waals surface area contributed by atoms with Gasteiger partial charge < -0.3 is 10.1 Å². The zero-order valence-electron chi connectivity index (χ0n) is 14.3. The predicted octanol–water partition coefficient (Wildman–Crippen LogP) is 2.74. The second-order valence-corrected chi connectivity index (χ2v) is 7.36. The largest absolute Gasteiger partial charge is 0.496 e. The lowest BCUT2D eigenvalue weighted by molar-refractivity contribution is -0.111. The molecule has 0 atom stereocenters. The van der Waals surface area contributed by atoms with Gasteiger partial charge in [0.15, 0.2) is 0 Å². The first-order valence-corrected chi connectivity index (χ1v) is 9.32. The molecule has 0 aliphatic heterocycles. The lowest BCUT2D eigenvalue weighted by Crippen LogP contribution is -2.24. The summed E-state index contributed by atoms with van der Waals surface area (Å²) in [6, 6.07) is 14.0. The van der Waals surface area contributed by atoms with Crippen molar-refractivity contribution < 1.29 is 17.9 Å². The molecule has 7 heteroatoms. The van der Waals surface area contributed by atoms with Gasteiger partial charge in [0.05, 0.1) is 19.1 Å². The van der Waals surface area contributed by atoms with E-state index in [1.54, 1.807) is 37.5 Å². The number of ether oxygens (including phenoxy) is 1. The molecule has 0 aliphatic rings. The van der Waals surface area contributed by atoms with Crippen LogP contribution in [0.15, 0.2) is 54.6 Å². The highest BCUT2D eigenvalue weighted by atomic mass is 32.2. The number of para-hydroxylation sites is 1. The van der Waals surface area contributed by atoms with Crippen molar-refractivity contribution in [3.8, 4) is 5.75 Å². The Bertz CT molecular complexity index is 891. The molecule has 6 nitrogen and oxygen atoms in total. The van der Waals surface area contributed by atoms with E-state index in [4.69, 9.17) is 4.74 Å². The fraction of sp³-hybridized carbons (Fsp3) is 0.167. The van der Waals surface area contributed by atoms with Gasteiger partial charge in [-0.15, -0.1) is 0 Å². The number of carbonyl (C=O) groups excluding carboxylic acids is 1. The third kappa shape index (κ3) is 5.09. The monoisotopic (exact) mass is 360 g/mol. The van der Waals surface area contributed by atoms with Gasteiger partial charge in [0.2, 0.25) is 15.9 Å². The Morgan fingerprint density at radius 2 is 1.88 bits per heavy atom. The maximum Gasteiger partial charge on any atom is 0.248 e. The van der Waals surface area contributed by atoms with Crippen molar-refractivity contribution >= 4 is 33.4 Å². The lowest BCUT2D eigenvalue weighted by Gasteiger charge is -2.17. The molecule has 2 aromatic rings. The van der Waals surface area contributed by atoms with Crippen molar-refractivity contribution in [1.82, 2.24) is 0 Å². The normalized spacial score (nSPS) is 11.3. The molecule has 1 amide bonds. The smallest absolute Gasteiger partial charge is 0.248 e. The molecule has 0 bridgehead atoms. The van der Waals surface area contributed by atoms with E-state index < -0.39 is 10.0 Å². The molecule has 0 saturated carbocycles. The van der Waals surface area contributed by atoms with Crippen LogP contribution in [-0.4, -0.2) is 34.7 Å². The van der Waals surface area contributed by atoms with E-state index in [1.807, 2.05) is 24.3 Å². The van der Waals surface area contributed by atoms with E-state index in [0.717, 1.165) is 16.1 Å². The number of amides is 1. The van der Waals surface area contributed by atoms with Gasteiger partial charge in [0, 0.05) is 24.4 Å². The fourth-order valence-electron chi connectivity index (χ4n) is 2.12. The van der Waals surface area contributed by atoms with Gasteiger partial charge in [-0.3, -0.25) is 9.10 Å². The van der Waals surface area contributed by atoms with Crippen LogP contribution in [0.5, 0.6) is 5.75 Å². The second-order valence-electron chi connectivity index (χ2n) is 5.35. The first kappa shape index (κ1) is 18.5. The molecule has 0 heterocycles. The molecule has 0 unspecified atom stereocenters. The average Bonchev–Trinajstić information content (AvgIpc) is 2.59. The number of sulfonamides is 1. The van der Waals surface area contributed by atoms with Gasteiger partial charge in [-0.1, -0.05) is 24.3 Å². The number of hydrogen-bond acceptors (Lipinski definition) is 4. The minimum Gasteiger partial charge on any atom is -0.496 e. The summed E-state index contributed by atoms with van der Waals surface area (Å²) in [6.45, 7) is 0. The maximum atomic E-state index is 12.1. The molecular weight excluding hydrogens is 340 g/mol. The Labute approximate surface area is 147 Å². The average molecular weight is 360 g/mol. The Kier molecular flexibility index (Phi) is 5.82. The van der Waals surface area contributed by atoms with Gasteiger partial charge in [-0.25, -0.2) is 8.42 Å². The van der Waals surface area contributed by atoms with Crippen LogP contribution in [0.3, 0.4) is 0 Å². The van der Waals surface area contributed by atoms with E-state index in [9.17, 15) is 13.2 Å². The Morgan fingerprint density at radius 3 is 2.56 bits per heavy atom. The third-order valence-electron chi connectivity index (χ3n) is 3.53. The first-order chi connectivity index (χ1) is 11.8. The molecule has 0 aliphatic carbocycles. The van der Waals surface area contributed by atoms with Crippen LogP contribution in [0.1, 0.15) is 5.56 Å². The number of hydrogen-bond donors (Lipinski definition) is 1. The molecule has 0 radical (unpaired) electrons. The molecule has 0 spiro atoms. The minimum atomic E-state index is -3.36. The quantitative estimate of drug-likeness (QED) is 0.804. The second kappa shape index (κ2) is 7.85. The number of carbonyl (C=O) groups is 1. The van der Waals surface area contributed by atoms with Crippen molar-refractivity contribution in [3.05, 3.63) is 60.2 Å². The van der Waals surface area contributed by atoms with Gasteiger partial charge in [-0.05, 0) is 30.3 Å². The molecule has 25 heavy (non-hydrogen) atoms. The number of rotatable bonds is 6. The Balaban J connectivity index is 2.12. The minimum absolute atomic E-state index is 0.329. The number of benzene rings is 2. The molecule has 0 fully saturated rings. The van der Waals surface area contributed by atoms with Crippen molar-refractivity contribution in [2.45, 2.75) is 0 Å². The van der Waals surface area contributed by atoms with Crippen LogP contribution in [0.2, 0.25) is 0 Å². The number of anilines is 2. The zero-order valence-corrected chi connectivity index (χ0v) is 15.1. The van der Waals surface area contributed by atoms with E-state index in [-0.39, 0.29) is 5.91 Å². The van der Waals surface area contributed by atoms with E-state index in [2.05, 4.69) is 5.32 Å². The molecule has 2 aromatic carbocycles. The fourth-order valence-corrected chi connectivity index (χ4v) is 2.62. The van der Waals surface area contributed by atoms with Crippen LogP contribution < -0.4 is 14.4 Å². The summed E-state index contributed by atoms with van der Waals surface area (Å²) in [5.41, 5.74) is 1.75. The predicted molar refractivity (Wildman–Crippen MR) is 100 cm³/mol. The van der Waals surface area contributed by atoms with Crippen LogP contribution in [-0.2, 0) is 14.8 Å². The van der Waals surface area contributed by atoms with Gasteiger partial charge in [-0.2, -0.15) is 0 Å². The SMILES string of the molecule is COc1ccccc1C=CC(=O)Nc1cccc(N(C)S(C)(=O)=O)c1. The summed E-state index contributed by atoms with van der Waals surface area (Å²) in [5.74, 6) is 0.341. The van der Waals surface area contributed by atoms with E-state index in [0.29, 0.717) is 17.1 Å². The summed E-state index contributed by atoms with van der Waals surface area (Å²) in [6.07, 6.45) is 4.17. The van der Waals surface area contributed by atoms with Gasteiger partial charge >= 0.3 is 0 Å². The number of methoxy groups -OCH3 is 1. The number of nitrogens with one attached hydrogen (secondary N) is 1. The molecular formula is C18H20N2O4S. The van der Waals surface area contributed by atoms with Crippen molar-refractivity contribution in [1.29, 1.82) is 0 Å². The summed E-state index contributed by atoms with van der Waals surface area (Å²) in [7, 11) is -0.340. The highest BCUT2D eigenvalue weighted by molar-refractivity contribution is 7.92. The summed E-state index contributed by atoms with van der Waals surface area (Å²) in [4.78, 5) is 12.1. The van der Waals surface area contributed by atoms with E-state index in [1.165, 1.54) is 13.1 Å². The van der Waals surface area contributed by atoms with Crippen LogP contribution in [0.4, 0.5) is 11.4 Å². The van der Waals surface area contributed by atoms with Gasteiger partial charge in [0.1, 0.15) is 5.75 Å². The Morgan fingerprint density at radius 1 is 1.16 bits per heavy atom. The summed E-state index contributed by atoms with van der Waals surface area (Å²) >= 11 is 0. The van der Waals surface area contributed by atoms with E-state index >= 15 is 0 Å². The lowest BCUT2D eigenvalue weighted by atomic mass is 10.2. The third-order valence-corrected chi connectivity index (χ3v) is 4.73. The zero-order chi connectivity index (χ0) is 18.4. The van der Waals surface area contributed by atoms with Crippen LogP contribution >= 0.6 is 0 Å². The molecule has 0 aromatic heterocycles. The van der Waals surface area contributed by atoms with Crippen molar-refractivity contribution in [2.24, 2.45) is 0 Å². The van der Waals surface area contributed by atoms with Gasteiger partial charge in [0.25, 0.3) is 0 Å².